The van der Waals surface area contributed by atoms with Gasteiger partial charge in [-0.1, -0.05) is 12.1 Å². The number of hydrogen-bond donors (Lipinski definition) is 2. The molecule has 1 amide bonds. The number of rotatable bonds is 5. The van der Waals surface area contributed by atoms with Gasteiger partial charge in [-0.05, 0) is 44.0 Å². The van der Waals surface area contributed by atoms with Crippen LogP contribution in [-0.2, 0) is 0 Å². The van der Waals surface area contributed by atoms with E-state index in [1.165, 1.54) is 0 Å². The smallest absolute Gasteiger partial charge is 0.272 e. The highest BCUT2D eigenvalue weighted by atomic mass is 16.5. The highest BCUT2D eigenvalue weighted by molar-refractivity contribution is 5.92. The average Bonchev–Trinajstić information content (AvgIpc) is 3.38. The minimum absolute atomic E-state index is 0.0932. The third kappa shape index (κ3) is 3.93. The molecule has 0 radical (unpaired) electrons. The zero-order valence-corrected chi connectivity index (χ0v) is 15.7. The molecule has 2 aliphatic heterocycles. The molecular formula is C20H27N5O2. The molecule has 2 fully saturated rings. The lowest BCUT2D eigenvalue weighted by molar-refractivity contribution is 0.0934. The Morgan fingerprint density at radius 2 is 2.19 bits per heavy atom. The quantitative estimate of drug-likeness (QED) is 0.841. The van der Waals surface area contributed by atoms with Crippen LogP contribution in [0.3, 0.4) is 0 Å². The molecule has 2 unspecified atom stereocenters. The lowest BCUT2D eigenvalue weighted by Gasteiger charge is -2.23. The zero-order valence-electron chi connectivity index (χ0n) is 15.7. The largest absolute Gasteiger partial charge is 0.495 e. The molecule has 1 aromatic carbocycles. The van der Waals surface area contributed by atoms with E-state index in [-0.39, 0.29) is 11.9 Å². The van der Waals surface area contributed by atoms with E-state index < -0.39 is 0 Å². The summed E-state index contributed by atoms with van der Waals surface area (Å²) in [5, 5.41) is 11.0. The summed E-state index contributed by atoms with van der Waals surface area (Å²) < 4.78 is 7.38. The van der Waals surface area contributed by atoms with Crippen molar-refractivity contribution in [1.29, 1.82) is 0 Å². The average molecular weight is 369 g/mol. The number of ether oxygens (including phenoxy) is 1. The molecule has 2 N–H and O–H groups in total. The molecule has 27 heavy (non-hydrogen) atoms. The van der Waals surface area contributed by atoms with Crippen LogP contribution in [0.15, 0.2) is 36.5 Å². The summed E-state index contributed by atoms with van der Waals surface area (Å²) in [6.07, 6.45) is 5.08. The van der Waals surface area contributed by atoms with Crippen molar-refractivity contribution in [3.63, 3.8) is 0 Å². The van der Waals surface area contributed by atoms with E-state index in [0.717, 1.165) is 56.9 Å². The predicted octanol–water partition coefficient (Wildman–Crippen LogP) is 1.82. The van der Waals surface area contributed by atoms with Crippen molar-refractivity contribution in [1.82, 2.24) is 20.4 Å². The molecule has 0 aliphatic carbocycles. The summed E-state index contributed by atoms with van der Waals surface area (Å²) in [6, 6.07) is 10.3. The first-order valence-corrected chi connectivity index (χ1v) is 9.69. The monoisotopic (exact) mass is 369 g/mol. The summed E-state index contributed by atoms with van der Waals surface area (Å²) in [6.45, 7) is 3.65. The number of hydrogen-bond acceptors (Lipinski definition) is 5. The van der Waals surface area contributed by atoms with Gasteiger partial charge in [-0.25, -0.2) is 0 Å². The lowest BCUT2D eigenvalue weighted by atomic mass is 10.1. The first-order chi connectivity index (χ1) is 13.2. The molecule has 4 rings (SSSR count). The van der Waals surface area contributed by atoms with Gasteiger partial charge in [0.05, 0.1) is 18.8 Å². The Morgan fingerprint density at radius 3 is 3.00 bits per heavy atom. The van der Waals surface area contributed by atoms with E-state index in [1.807, 2.05) is 35.1 Å². The molecule has 2 aliphatic rings. The fraction of sp³-hybridized carbons (Fsp3) is 0.500. The van der Waals surface area contributed by atoms with Crippen LogP contribution in [0.25, 0.3) is 0 Å². The lowest BCUT2D eigenvalue weighted by Crippen LogP contribution is -2.37. The van der Waals surface area contributed by atoms with E-state index in [1.54, 1.807) is 7.11 Å². The number of para-hydroxylation sites is 2. The SMILES string of the molecule is COc1ccccc1N1CCC(NC(=O)c2ccn(C3CCCNC3)n2)C1. The molecule has 144 valence electrons. The molecule has 7 nitrogen and oxygen atoms in total. The van der Waals surface area contributed by atoms with Gasteiger partial charge in [-0.15, -0.1) is 0 Å². The van der Waals surface area contributed by atoms with Crippen molar-refractivity contribution in [2.24, 2.45) is 0 Å². The molecule has 7 heteroatoms. The third-order valence-electron chi connectivity index (χ3n) is 5.44. The molecule has 0 spiro atoms. The predicted molar refractivity (Wildman–Crippen MR) is 104 cm³/mol. The minimum atomic E-state index is -0.0932. The summed E-state index contributed by atoms with van der Waals surface area (Å²) in [7, 11) is 1.69. The Hall–Kier alpha value is -2.54. The van der Waals surface area contributed by atoms with Crippen molar-refractivity contribution >= 4 is 11.6 Å². The van der Waals surface area contributed by atoms with Gasteiger partial charge in [0, 0.05) is 31.9 Å². The van der Waals surface area contributed by atoms with E-state index in [2.05, 4.69) is 26.7 Å². The summed E-state index contributed by atoms with van der Waals surface area (Å²) in [5.41, 5.74) is 1.57. The van der Waals surface area contributed by atoms with Crippen LogP contribution in [0, 0.1) is 0 Å². The number of carbonyl (C=O) groups is 1. The Balaban J connectivity index is 1.36. The molecule has 0 saturated carbocycles. The van der Waals surface area contributed by atoms with Crippen LogP contribution in [-0.4, -0.2) is 55.0 Å². The topological polar surface area (TPSA) is 71.4 Å². The number of amides is 1. The van der Waals surface area contributed by atoms with Crippen molar-refractivity contribution in [3.8, 4) is 5.75 Å². The van der Waals surface area contributed by atoms with Crippen molar-refractivity contribution in [3.05, 3.63) is 42.2 Å². The van der Waals surface area contributed by atoms with Crippen molar-refractivity contribution in [2.45, 2.75) is 31.3 Å². The van der Waals surface area contributed by atoms with Gasteiger partial charge in [-0.3, -0.25) is 9.48 Å². The van der Waals surface area contributed by atoms with E-state index in [4.69, 9.17) is 4.74 Å². The molecular weight excluding hydrogens is 342 g/mol. The van der Waals surface area contributed by atoms with Crippen LogP contribution < -0.4 is 20.3 Å². The number of methoxy groups -OCH3 is 1. The summed E-state index contributed by atoms with van der Waals surface area (Å²) in [4.78, 5) is 14.9. The van der Waals surface area contributed by atoms with Gasteiger partial charge in [0.2, 0.25) is 0 Å². The standard InChI is InChI=1S/C20H27N5O2/c1-27-19-7-3-2-6-18(19)24-11-8-15(14-24)22-20(26)17-9-12-25(23-17)16-5-4-10-21-13-16/h2-3,6-7,9,12,15-16,21H,4-5,8,10-11,13-14H2,1H3,(H,22,26). The van der Waals surface area contributed by atoms with Gasteiger partial charge in [0.25, 0.3) is 5.91 Å². The van der Waals surface area contributed by atoms with Crippen LogP contribution >= 0.6 is 0 Å². The second-order valence-electron chi connectivity index (χ2n) is 7.26. The van der Waals surface area contributed by atoms with Crippen molar-refractivity contribution < 1.29 is 9.53 Å². The van der Waals surface area contributed by atoms with Crippen LogP contribution in [0.5, 0.6) is 5.75 Å². The molecule has 0 bridgehead atoms. The third-order valence-corrected chi connectivity index (χ3v) is 5.44. The van der Waals surface area contributed by atoms with Gasteiger partial charge in [-0.2, -0.15) is 5.10 Å². The first-order valence-electron chi connectivity index (χ1n) is 9.69. The number of benzene rings is 1. The number of carbonyl (C=O) groups excluding carboxylic acids is 1. The fourth-order valence-electron chi connectivity index (χ4n) is 3.97. The van der Waals surface area contributed by atoms with E-state index in [0.29, 0.717) is 11.7 Å². The molecule has 2 aromatic rings. The van der Waals surface area contributed by atoms with Crippen LogP contribution in [0.4, 0.5) is 5.69 Å². The number of anilines is 1. The van der Waals surface area contributed by atoms with Gasteiger partial charge >= 0.3 is 0 Å². The normalized spacial score (nSPS) is 22.6. The Bertz CT molecular complexity index is 784. The zero-order chi connectivity index (χ0) is 18.6. The van der Waals surface area contributed by atoms with Gasteiger partial charge in [0.1, 0.15) is 11.4 Å². The Kier molecular flexibility index (Phi) is 5.29. The van der Waals surface area contributed by atoms with Crippen LogP contribution in [0.2, 0.25) is 0 Å². The second kappa shape index (κ2) is 8.00. The highest BCUT2D eigenvalue weighted by Gasteiger charge is 2.27. The molecule has 2 atom stereocenters. The number of piperidine rings is 1. The second-order valence-corrected chi connectivity index (χ2v) is 7.26. The van der Waals surface area contributed by atoms with Gasteiger partial charge in [0.15, 0.2) is 0 Å². The molecule has 2 saturated heterocycles. The summed E-state index contributed by atoms with van der Waals surface area (Å²) >= 11 is 0. The maximum Gasteiger partial charge on any atom is 0.272 e. The maximum atomic E-state index is 12.6. The van der Waals surface area contributed by atoms with Crippen LogP contribution in [0.1, 0.15) is 35.8 Å². The number of nitrogens with zero attached hydrogens (tertiary/aromatic N) is 3. The maximum absolute atomic E-state index is 12.6. The van der Waals surface area contributed by atoms with E-state index >= 15 is 0 Å². The Morgan fingerprint density at radius 1 is 1.30 bits per heavy atom. The summed E-state index contributed by atoms with van der Waals surface area (Å²) in [5.74, 6) is 0.772. The molecule has 3 heterocycles. The fourth-order valence-corrected chi connectivity index (χ4v) is 3.97. The first kappa shape index (κ1) is 17.9. The minimum Gasteiger partial charge on any atom is -0.495 e. The highest BCUT2D eigenvalue weighted by Crippen LogP contribution is 2.30. The number of aromatic nitrogens is 2. The molecule has 1 aromatic heterocycles. The number of nitrogens with one attached hydrogen (secondary N) is 2. The van der Waals surface area contributed by atoms with E-state index in [9.17, 15) is 4.79 Å². The Labute approximate surface area is 159 Å². The van der Waals surface area contributed by atoms with Crippen molar-refractivity contribution in [2.75, 3.05) is 38.2 Å². The van der Waals surface area contributed by atoms with Gasteiger partial charge < -0.3 is 20.3 Å².